The smallest absolute Gasteiger partial charge is 0.151 e. The average Bonchev–Trinajstić information content (AvgIpc) is 2.82. The molecule has 4 nitrogen and oxygen atoms in total. The van der Waals surface area contributed by atoms with Crippen molar-refractivity contribution in [2.75, 3.05) is 0 Å². The van der Waals surface area contributed by atoms with Crippen molar-refractivity contribution < 1.29 is 4.42 Å². The third kappa shape index (κ3) is 1.70. The second-order valence-electron chi connectivity index (χ2n) is 3.87. The quantitative estimate of drug-likeness (QED) is 0.797. The second-order valence-corrected chi connectivity index (χ2v) is 3.87. The molecule has 1 aliphatic rings. The van der Waals surface area contributed by atoms with Gasteiger partial charge in [0.15, 0.2) is 5.76 Å². The zero-order valence-corrected chi connectivity index (χ0v) is 9.61. The Morgan fingerprint density at radius 2 is 2.00 bits per heavy atom. The highest BCUT2D eigenvalue weighted by Crippen LogP contribution is 2.32. The number of nitrogens with one attached hydrogen (secondary N) is 1. The zero-order chi connectivity index (χ0) is 12.4. The highest BCUT2D eigenvalue weighted by molar-refractivity contribution is 5.72. The van der Waals surface area contributed by atoms with Crippen molar-refractivity contribution >= 4 is 5.70 Å². The van der Waals surface area contributed by atoms with Crippen LogP contribution >= 0.6 is 0 Å². The Hall–Kier alpha value is -2.46. The van der Waals surface area contributed by atoms with Gasteiger partial charge in [-0.15, -0.1) is 0 Å². The number of rotatable bonds is 1. The molecule has 2 heterocycles. The van der Waals surface area contributed by atoms with Crippen LogP contribution in [0, 0.1) is 28.6 Å². The highest BCUT2D eigenvalue weighted by atomic mass is 16.3. The van der Waals surface area contributed by atoms with Crippen molar-refractivity contribution in [2.24, 2.45) is 5.92 Å². The molecule has 1 N–H and O–H groups in total. The summed E-state index contributed by atoms with van der Waals surface area (Å²) in [4.78, 5) is 0. The molecule has 0 fully saturated rings. The van der Waals surface area contributed by atoms with Crippen LogP contribution < -0.4 is 5.32 Å². The third-order valence-electron chi connectivity index (χ3n) is 2.86. The summed E-state index contributed by atoms with van der Waals surface area (Å²) in [5, 5.41) is 21.3. The van der Waals surface area contributed by atoms with Gasteiger partial charge >= 0.3 is 0 Å². The Labute approximate surface area is 99.5 Å². The van der Waals surface area contributed by atoms with Gasteiger partial charge in [-0.2, -0.15) is 10.5 Å². The van der Waals surface area contributed by atoms with E-state index < -0.39 is 0 Å². The Kier molecular flexibility index (Phi) is 2.72. The molecule has 0 aliphatic carbocycles. The normalized spacial score (nSPS) is 19.6. The maximum Gasteiger partial charge on any atom is 0.151 e. The van der Waals surface area contributed by atoms with Crippen LogP contribution in [0.15, 0.2) is 39.7 Å². The van der Waals surface area contributed by atoms with Crippen LogP contribution in [-0.2, 0) is 0 Å². The number of hydrogen-bond acceptors (Lipinski definition) is 4. The SMILES string of the molecule is CC1=C(C#N)[C@@H](C)C(C#N)=C(c2ccco2)N1. The number of hydrogen-bond donors (Lipinski definition) is 1. The lowest BCUT2D eigenvalue weighted by Gasteiger charge is -2.23. The fourth-order valence-corrected chi connectivity index (χ4v) is 1.96. The molecule has 0 aromatic carbocycles. The molecule has 0 unspecified atom stereocenters. The Morgan fingerprint density at radius 1 is 1.29 bits per heavy atom. The molecule has 0 bridgehead atoms. The van der Waals surface area contributed by atoms with Crippen molar-refractivity contribution in [3.8, 4) is 12.1 Å². The predicted octanol–water partition coefficient (Wildman–Crippen LogP) is 2.55. The van der Waals surface area contributed by atoms with Crippen LogP contribution in [-0.4, -0.2) is 0 Å². The van der Waals surface area contributed by atoms with Gasteiger partial charge in [0, 0.05) is 11.6 Å². The lowest BCUT2D eigenvalue weighted by Crippen LogP contribution is -2.23. The van der Waals surface area contributed by atoms with Crippen molar-refractivity contribution in [3.63, 3.8) is 0 Å². The second kappa shape index (κ2) is 4.19. The fourth-order valence-electron chi connectivity index (χ4n) is 1.96. The monoisotopic (exact) mass is 225 g/mol. The van der Waals surface area contributed by atoms with Gasteiger partial charge in [-0.25, -0.2) is 0 Å². The lowest BCUT2D eigenvalue weighted by atomic mass is 9.88. The van der Waals surface area contributed by atoms with E-state index in [1.54, 1.807) is 18.4 Å². The predicted molar refractivity (Wildman–Crippen MR) is 61.9 cm³/mol. The van der Waals surface area contributed by atoms with Crippen LogP contribution in [0.2, 0.25) is 0 Å². The first kappa shape index (κ1) is 11.0. The molecular weight excluding hydrogens is 214 g/mol. The highest BCUT2D eigenvalue weighted by Gasteiger charge is 2.27. The molecule has 0 spiro atoms. The number of nitrogens with zero attached hydrogens (tertiary/aromatic N) is 2. The summed E-state index contributed by atoms with van der Waals surface area (Å²) in [7, 11) is 0. The molecule has 4 heteroatoms. The molecular formula is C13H11N3O. The molecule has 0 saturated heterocycles. The molecule has 1 aliphatic heterocycles. The molecule has 2 rings (SSSR count). The van der Waals surface area contributed by atoms with Crippen LogP contribution in [0.3, 0.4) is 0 Å². The molecule has 17 heavy (non-hydrogen) atoms. The summed E-state index contributed by atoms with van der Waals surface area (Å²) in [5.74, 6) is 0.413. The van der Waals surface area contributed by atoms with Crippen molar-refractivity contribution in [3.05, 3.63) is 41.0 Å². The van der Waals surface area contributed by atoms with E-state index >= 15 is 0 Å². The van der Waals surface area contributed by atoms with Gasteiger partial charge in [0.05, 0.1) is 35.2 Å². The molecule has 84 valence electrons. The first-order valence-electron chi connectivity index (χ1n) is 5.25. The molecule has 1 aromatic rings. The summed E-state index contributed by atoms with van der Waals surface area (Å²) >= 11 is 0. The third-order valence-corrected chi connectivity index (χ3v) is 2.86. The van der Waals surface area contributed by atoms with Crippen LogP contribution in [0.5, 0.6) is 0 Å². The molecule has 0 amide bonds. The van der Waals surface area contributed by atoms with Crippen molar-refractivity contribution in [2.45, 2.75) is 13.8 Å². The molecule has 1 atom stereocenters. The average molecular weight is 225 g/mol. The number of dihydropyridines is 1. The summed E-state index contributed by atoms with van der Waals surface area (Å²) < 4.78 is 5.29. The summed E-state index contributed by atoms with van der Waals surface area (Å²) in [6.45, 7) is 3.68. The lowest BCUT2D eigenvalue weighted by molar-refractivity contribution is 0.546. The van der Waals surface area contributed by atoms with Gasteiger partial charge in [-0.05, 0) is 19.1 Å². The van der Waals surface area contributed by atoms with E-state index in [-0.39, 0.29) is 5.92 Å². The summed E-state index contributed by atoms with van der Waals surface area (Å²) in [6, 6.07) is 7.84. The van der Waals surface area contributed by atoms with Gasteiger partial charge in [0.25, 0.3) is 0 Å². The summed E-state index contributed by atoms with van der Waals surface area (Å²) in [6.07, 6.45) is 1.56. The number of nitriles is 2. The van der Waals surface area contributed by atoms with Crippen LogP contribution in [0.1, 0.15) is 19.6 Å². The van der Waals surface area contributed by atoms with E-state index in [4.69, 9.17) is 9.68 Å². The van der Waals surface area contributed by atoms with E-state index in [0.717, 1.165) is 5.70 Å². The number of allylic oxidation sites excluding steroid dienone is 3. The van der Waals surface area contributed by atoms with E-state index in [9.17, 15) is 5.26 Å². The van der Waals surface area contributed by atoms with E-state index in [2.05, 4.69) is 17.5 Å². The first-order chi connectivity index (χ1) is 8.19. The maximum absolute atomic E-state index is 9.21. The minimum atomic E-state index is -0.202. The minimum Gasteiger partial charge on any atom is -0.463 e. The standard InChI is InChI=1S/C13H11N3O/c1-8-10(6-14)9(2)16-13(11(8)7-15)12-4-3-5-17-12/h3-5,8,16H,1-2H3/t8-/m1/s1. The minimum absolute atomic E-state index is 0.202. The van der Waals surface area contributed by atoms with Crippen LogP contribution in [0.25, 0.3) is 5.70 Å². The van der Waals surface area contributed by atoms with E-state index in [1.165, 1.54) is 0 Å². The Morgan fingerprint density at radius 3 is 2.53 bits per heavy atom. The molecule has 0 radical (unpaired) electrons. The Bertz CT molecular complexity index is 579. The van der Waals surface area contributed by atoms with Gasteiger partial charge in [0.1, 0.15) is 0 Å². The molecule has 1 aromatic heterocycles. The summed E-state index contributed by atoms with van der Waals surface area (Å²) in [5.41, 5.74) is 2.55. The number of furan rings is 1. The van der Waals surface area contributed by atoms with Crippen molar-refractivity contribution in [1.82, 2.24) is 5.32 Å². The van der Waals surface area contributed by atoms with Gasteiger partial charge < -0.3 is 9.73 Å². The largest absolute Gasteiger partial charge is 0.463 e. The maximum atomic E-state index is 9.21. The van der Waals surface area contributed by atoms with Crippen molar-refractivity contribution in [1.29, 1.82) is 10.5 Å². The Balaban J connectivity index is 2.54. The topological polar surface area (TPSA) is 72.8 Å². The van der Waals surface area contributed by atoms with Gasteiger partial charge in [-0.1, -0.05) is 6.92 Å². The molecule has 0 saturated carbocycles. The van der Waals surface area contributed by atoms with Gasteiger partial charge in [-0.3, -0.25) is 0 Å². The van der Waals surface area contributed by atoms with E-state index in [0.29, 0.717) is 22.6 Å². The van der Waals surface area contributed by atoms with Gasteiger partial charge in [0.2, 0.25) is 0 Å². The fraction of sp³-hybridized carbons (Fsp3) is 0.231. The van der Waals surface area contributed by atoms with E-state index in [1.807, 2.05) is 13.8 Å². The zero-order valence-electron chi connectivity index (χ0n) is 9.61. The van der Waals surface area contributed by atoms with Crippen LogP contribution in [0.4, 0.5) is 0 Å². The first-order valence-corrected chi connectivity index (χ1v) is 5.25.